The molecule has 2 atom stereocenters. The highest BCUT2D eigenvalue weighted by atomic mass is 32.2. The molecule has 0 aromatic carbocycles. The van der Waals surface area contributed by atoms with Gasteiger partial charge in [-0.3, -0.25) is 0 Å². The lowest BCUT2D eigenvalue weighted by atomic mass is 9.87. The summed E-state index contributed by atoms with van der Waals surface area (Å²) in [5, 5.41) is 3.74. The summed E-state index contributed by atoms with van der Waals surface area (Å²) in [6.45, 7) is 6.45. The van der Waals surface area contributed by atoms with Crippen LogP contribution >= 0.6 is 11.8 Å². The summed E-state index contributed by atoms with van der Waals surface area (Å²) in [7, 11) is 2.29. The Hall–Kier alpha value is 0.230. The Morgan fingerprint density at radius 1 is 1.41 bits per heavy atom. The molecule has 4 heteroatoms. The molecule has 2 saturated heterocycles. The summed E-state index contributed by atoms with van der Waals surface area (Å²) in [4.78, 5) is 2.55. The summed E-state index contributed by atoms with van der Waals surface area (Å²) < 4.78 is 5.50. The topological polar surface area (TPSA) is 24.5 Å². The fourth-order valence-corrected chi connectivity index (χ4v) is 4.30. The first-order valence-corrected chi connectivity index (χ1v) is 8.07. The van der Waals surface area contributed by atoms with E-state index in [0.717, 1.165) is 25.7 Å². The number of ether oxygens (including phenoxy) is 1. The fourth-order valence-electron chi connectivity index (χ4n) is 3.01. The maximum atomic E-state index is 5.50. The molecule has 0 spiro atoms. The van der Waals surface area contributed by atoms with E-state index in [4.69, 9.17) is 4.74 Å². The molecule has 2 aliphatic heterocycles. The van der Waals surface area contributed by atoms with Crippen LogP contribution in [0.5, 0.6) is 0 Å². The highest BCUT2D eigenvalue weighted by Gasteiger charge is 2.33. The summed E-state index contributed by atoms with van der Waals surface area (Å²) in [5.41, 5.74) is 0. The number of hydrogen-bond donors (Lipinski definition) is 1. The normalized spacial score (nSPS) is 30.4. The van der Waals surface area contributed by atoms with Gasteiger partial charge in [0.05, 0.1) is 0 Å². The van der Waals surface area contributed by atoms with Gasteiger partial charge in [0.2, 0.25) is 0 Å². The monoisotopic (exact) mass is 258 g/mol. The molecule has 2 rings (SSSR count). The van der Waals surface area contributed by atoms with Gasteiger partial charge in [0.25, 0.3) is 0 Å². The van der Waals surface area contributed by atoms with E-state index in [-0.39, 0.29) is 0 Å². The Morgan fingerprint density at radius 2 is 2.18 bits per heavy atom. The molecule has 17 heavy (non-hydrogen) atoms. The molecule has 2 unspecified atom stereocenters. The van der Waals surface area contributed by atoms with Crippen LogP contribution in [0.1, 0.15) is 19.8 Å². The molecule has 0 aromatic rings. The molecule has 0 amide bonds. The second kappa shape index (κ2) is 6.98. The minimum atomic E-state index is 0.654. The van der Waals surface area contributed by atoms with E-state index in [0.29, 0.717) is 12.1 Å². The zero-order valence-corrected chi connectivity index (χ0v) is 12.0. The molecule has 3 nitrogen and oxygen atoms in total. The van der Waals surface area contributed by atoms with Gasteiger partial charge in [-0.1, -0.05) is 6.92 Å². The van der Waals surface area contributed by atoms with Crippen molar-refractivity contribution in [2.45, 2.75) is 31.8 Å². The van der Waals surface area contributed by atoms with Crippen molar-refractivity contribution in [3.05, 3.63) is 0 Å². The number of thioether (sulfide) groups is 1. The minimum absolute atomic E-state index is 0.654. The second-order valence-electron chi connectivity index (χ2n) is 5.16. The Labute approximate surface area is 110 Å². The summed E-state index contributed by atoms with van der Waals surface area (Å²) >= 11 is 2.11. The lowest BCUT2D eigenvalue weighted by Gasteiger charge is -2.42. The van der Waals surface area contributed by atoms with E-state index in [2.05, 4.69) is 35.9 Å². The van der Waals surface area contributed by atoms with Crippen molar-refractivity contribution in [1.29, 1.82) is 0 Å². The van der Waals surface area contributed by atoms with E-state index in [1.165, 1.54) is 30.9 Å². The molecule has 0 saturated carbocycles. The Bertz CT molecular complexity index is 221. The predicted octanol–water partition coefficient (Wildman–Crippen LogP) is 1.44. The highest BCUT2D eigenvalue weighted by molar-refractivity contribution is 7.99. The first-order chi connectivity index (χ1) is 8.33. The van der Waals surface area contributed by atoms with Crippen LogP contribution in [0.4, 0.5) is 0 Å². The van der Waals surface area contributed by atoms with Crippen LogP contribution in [-0.2, 0) is 4.74 Å². The van der Waals surface area contributed by atoms with Crippen molar-refractivity contribution in [3.8, 4) is 0 Å². The number of likely N-dealkylation sites (N-methyl/N-ethyl adjacent to an activating group) is 2. The Morgan fingerprint density at radius 3 is 2.82 bits per heavy atom. The maximum absolute atomic E-state index is 5.50. The van der Waals surface area contributed by atoms with E-state index in [1.54, 1.807) is 0 Å². The van der Waals surface area contributed by atoms with Crippen LogP contribution in [0, 0.1) is 5.92 Å². The van der Waals surface area contributed by atoms with E-state index < -0.39 is 0 Å². The molecular weight excluding hydrogens is 232 g/mol. The molecular formula is C13H26N2OS. The second-order valence-corrected chi connectivity index (χ2v) is 6.31. The lowest BCUT2D eigenvalue weighted by molar-refractivity contribution is 0.0398. The van der Waals surface area contributed by atoms with Crippen LogP contribution in [0.25, 0.3) is 0 Å². The number of hydrogen-bond acceptors (Lipinski definition) is 4. The average Bonchev–Trinajstić information content (AvgIpc) is 2.38. The van der Waals surface area contributed by atoms with Crippen LogP contribution < -0.4 is 5.32 Å². The third-order valence-electron chi connectivity index (χ3n) is 4.07. The SMILES string of the molecule is CCNC(C1CCOCC1)C1CSCCN1C. The van der Waals surface area contributed by atoms with Crippen molar-refractivity contribution in [3.63, 3.8) is 0 Å². The van der Waals surface area contributed by atoms with Crippen LogP contribution in [-0.4, -0.2) is 61.8 Å². The molecule has 2 aliphatic rings. The van der Waals surface area contributed by atoms with Gasteiger partial charge in [-0.2, -0.15) is 11.8 Å². The summed E-state index contributed by atoms with van der Waals surface area (Å²) in [6, 6.07) is 1.36. The van der Waals surface area contributed by atoms with Crippen molar-refractivity contribution < 1.29 is 4.74 Å². The number of nitrogens with zero attached hydrogens (tertiary/aromatic N) is 1. The summed E-state index contributed by atoms with van der Waals surface area (Å²) in [6.07, 6.45) is 2.46. The molecule has 1 N–H and O–H groups in total. The van der Waals surface area contributed by atoms with Gasteiger partial charge in [-0.05, 0) is 32.4 Å². The Balaban J connectivity index is 1.98. The zero-order valence-electron chi connectivity index (χ0n) is 11.2. The minimum Gasteiger partial charge on any atom is -0.381 e. The van der Waals surface area contributed by atoms with Gasteiger partial charge in [0, 0.05) is 43.3 Å². The van der Waals surface area contributed by atoms with Crippen molar-refractivity contribution in [2.75, 3.05) is 44.9 Å². The Kier molecular flexibility index (Phi) is 5.60. The highest BCUT2D eigenvalue weighted by Crippen LogP contribution is 2.26. The molecule has 2 fully saturated rings. The predicted molar refractivity (Wildman–Crippen MR) is 74.8 cm³/mol. The first kappa shape index (κ1) is 13.7. The summed E-state index contributed by atoms with van der Waals surface area (Å²) in [5.74, 6) is 3.38. The molecule has 0 bridgehead atoms. The molecule has 0 aliphatic carbocycles. The molecule has 0 radical (unpaired) electrons. The van der Waals surface area contributed by atoms with Crippen molar-refractivity contribution in [1.82, 2.24) is 10.2 Å². The average molecular weight is 258 g/mol. The van der Waals surface area contributed by atoms with Gasteiger partial charge in [-0.25, -0.2) is 0 Å². The van der Waals surface area contributed by atoms with Crippen molar-refractivity contribution in [2.24, 2.45) is 5.92 Å². The first-order valence-electron chi connectivity index (χ1n) is 6.92. The molecule has 2 heterocycles. The van der Waals surface area contributed by atoms with Crippen molar-refractivity contribution >= 4 is 11.8 Å². The van der Waals surface area contributed by atoms with Crippen LogP contribution in [0.15, 0.2) is 0 Å². The van der Waals surface area contributed by atoms with Gasteiger partial charge >= 0.3 is 0 Å². The van der Waals surface area contributed by atoms with Crippen LogP contribution in [0.2, 0.25) is 0 Å². The van der Waals surface area contributed by atoms with Crippen LogP contribution in [0.3, 0.4) is 0 Å². The van der Waals surface area contributed by atoms with E-state index in [9.17, 15) is 0 Å². The largest absolute Gasteiger partial charge is 0.381 e. The standard InChI is InChI=1S/C13H26N2OS/c1-3-14-13(11-4-7-16-8-5-11)12-10-17-9-6-15(12)2/h11-14H,3-10H2,1-2H3. The van der Waals surface area contributed by atoms with Gasteiger partial charge in [-0.15, -0.1) is 0 Å². The van der Waals surface area contributed by atoms with Gasteiger partial charge in [0.15, 0.2) is 0 Å². The number of rotatable bonds is 4. The quantitative estimate of drug-likeness (QED) is 0.825. The third-order valence-corrected chi connectivity index (χ3v) is 5.12. The van der Waals surface area contributed by atoms with E-state index >= 15 is 0 Å². The smallest absolute Gasteiger partial charge is 0.0469 e. The molecule has 0 aromatic heterocycles. The molecule has 100 valence electrons. The maximum Gasteiger partial charge on any atom is 0.0469 e. The van der Waals surface area contributed by atoms with Gasteiger partial charge < -0.3 is 15.0 Å². The van der Waals surface area contributed by atoms with Gasteiger partial charge in [0.1, 0.15) is 0 Å². The third kappa shape index (κ3) is 3.60. The lowest BCUT2D eigenvalue weighted by Crippen LogP contribution is -2.56. The van der Waals surface area contributed by atoms with E-state index in [1.807, 2.05) is 0 Å². The fraction of sp³-hybridized carbons (Fsp3) is 1.00. The number of nitrogens with one attached hydrogen (secondary N) is 1. The zero-order chi connectivity index (χ0) is 12.1.